The molecule has 0 aromatic carbocycles. The predicted molar refractivity (Wildman–Crippen MR) is 62.2 cm³/mol. The van der Waals surface area contributed by atoms with Gasteiger partial charge >= 0.3 is 6.09 Å². The van der Waals surface area contributed by atoms with Crippen molar-refractivity contribution in [1.82, 2.24) is 4.90 Å². The van der Waals surface area contributed by atoms with E-state index < -0.39 is 5.60 Å². The Morgan fingerprint density at radius 3 is 2.44 bits per heavy atom. The first-order valence-electron chi connectivity index (χ1n) is 5.95. The van der Waals surface area contributed by atoms with Crippen LogP contribution in [0.3, 0.4) is 0 Å². The lowest BCUT2D eigenvalue weighted by Crippen LogP contribution is -2.37. The number of rotatable bonds is 0. The second kappa shape index (κ2) is 5.04. The van der Waals surface area contributed by atoms with Crippen molar-refractivity contribution in [2.75, 3.05) is 13.1 Å². The highest BCUT2D eigenvalue weighted by atomic mass is 16.6. The number of nitrogens with zero attached hydrogens (tertiary/aromatic N) is 1. The van der Waals surface area contributed by atoms with Crippen LogP contribution in [0.4, 0.5) is 4.79 Å². The van der Waals surface area contributed by atoms with E-state index >= 15 is 0 Å². The molecule has 16 heavy (non-hydrogen) atoms. The maximum Gasteiger partial charge on any atom is 0.410 e. The smallest absolute Gasteiger partial charge is 0.410 e. The van der Waals surface area contributed by atoms with Gasteiger partial charge in [0.1, 0.15) is 5.60 Å². The molecule has 1 rings (SSSR count). The molecule has 4 nitrogen and oxygen atoms in total. The highest BCUT2D eigenvalue weighted by Gasteiger charge is 2.27. The number of carbonyl (C=O) groups is 1. The summed E-state index contributed by atoms with van der Waals surface area (Å²) < 4.78 is 5.31. The Morgan fingerprint density at radius 1 is 1.31 bits per heavy atom. The standard InChI is InChI=1S/C12H23NO3/c1-9-5-7-13(8-6-10(9)14)11(15)16-12(2,3)4/h9-10,14H,5-8H2,1-4H3/t9-,10+/m1/s1. The molecule has 0 aromatic heterocycles. The summed E-state index contributed by atoms with van der Waals surface area (Å²) in [4.78, 5) is 13.5. The zero-order valence-electron chi connectivity index (χ0n) is 10.7. The molecule has 2 atom stereocenters. The third-order valence-electron chi connectivity index (χ3n) is 2.86. The Morgan fingerprint density at radius 2 is 1.88 bits per heavy atom. The first-order chi connectivity index (χ1) is 7.29. The number of amides is 1. The molecule has 4 heteroatoms. The van der Waals surface area contributed by atoms with Crippen molar-refractivity contribution in [2.24, 2.45) is 5.92 Å². The van der Waals surface area contributed by atoms with Crippen molar-refractivity contribution in [3.8, 4) is 0 Å². The summed E-state index contributed by atoms with van der Waals surface area (Å²) in [6, 6.07) is 0. The van der Waals surface area contributed by atoms with Gasteiger partial charge in [0.25, 0.3) is 0 Å². The normalized spacial score (nSPS) is 27.4. The first-order valence-corrected chi connectivity index (χ1v) is 5.95. The lowest BCUT2D eigenvalue weighted by molar-refractivity contribution is 0.0251. The minimum Gasteiger partial charge on any atom is -0.444 e. The van der Waals surface area contributed by atoms with Crippen LogP contribution in [0.2, 0.25) is 0 Å². The van der Waals surface area contributed by atoms with Crippen molar-refractivity contribution in [3.63, 3.8) is 0 Å². The molecular weight excluding hydrogens is 206 g/mol. The Bertz CT molecular complexity index is 235. The quantitative estimate of drug-likeness (QED) is 0.691. The van der Waals surface area contributed by atoms with Gasteiger partial charge in [-0.15, -0.1) is 0 Å². The average molecular weight is 229 g/mol. The fourth-order valence-electron chi connectivity index (χ4n) is 1.75. The molecule has 1 amide bonds. The number of likely N-dealkylation sites (tertiary alicyclic amines) is 1. The highest BCUT2D eigenvalue weighted by molar-refractivity contribution is 5.68. The third-order valence-corrected chi connectivity index (χ3v) is 2.86. The number of hydrogen-bond acceptors (Lipinski definition) is 3. The van der Waals surface area contributed by atoms with E-state index in [1.54, 1.807) is 4.90 Å². The molecule has 0 unspecified atom stereocenters. The van der Waals surface area contributed by atoms with E-state index in [2.05, 4.69) is 0 Å². The van der Waals surface area contributed by atoms with Crippen LogP contribution >= 0.6 is 0 Å². The zero-order valence-corrected chi connectivity index (χ0v) is 10.7. The summed E-state index contributed by atoms with van der Waals surface area (Å²) in [5, 5.41) is 9.71. The summed E-state index contributed by atoms with van der Waals surface area (Å²) in [6.45, 7) is 8.86. The lowest BCUT2D eigenvalue weighted by Gasteiger charge is -2.26. The summed E-state index contributed by atoms with van der Waals surface area (Å²) >= 11 is 0. The van der Waals surface area contributed by atoms with Crippen LogP contribution in [0.1, 0.15) is 40.5 Å². The Balaban J connectivity index is 2.51. The Labute approximate surface area is 97.6 Å². The van der Waals surface area contributed by atoms with Crippen molar-refractivity contribution >= 4 is 6.09 Å². The number of aliphatic hydroxyl groups excluding tert-OH is 1. The van der Waals surface area contributed by atoms with Gasteiger partial charge in [-0.25, -0.2) is 4.79 Å². The molecule has 1 aliphatic rings. The van der Waals surface area contributed by atoms with Gasteiger partial charge in [0.2, 0.25) is 0 Å². The van der Waals surface area contributed by atoms with Gasteiger partial charge in [-0.3, -0.25) is 0 Å². The van der Waals surface area contributed by atoms with E-state index in [0.29, 0.717) is 19.5 Å². The highest BCUT2D eigenvalue weighted by Crippen LogP contribution is 2.19. The SMILES string of the molecule is C[C@@H]1CCN(C(=O)OC(C)(C)C)CC[C@@H]1O. The average Bonchev–Trinajstić information content (AvgIpc) is 2.28. The van der Waals surface area contributed by atoms with E-state index in [1.807, 2.05) is 27.7 Å². The molecule has 0 bridgehead atoms. The number of aliphatic hydroxyl groups is 1. The molecule has 1 N–H and O–H groups in total. The minimum atomic E-state index is -0.451. The molecule has 0 saturated carbocycles. The fraction of sp³-hybridized carbons (Fsp3) is 0.917. The van der Waals surface area contributed by atoms with Crippen LogP contribution in [0, 0.1) is 5.92 Å². The maximum atomic E-state index is 11.8. The first kappa shape index (κ1) is 13.3. The minimum absolute atomic E-state index is 0.257. The van der Waals surface area contributed by atoms with Gasteiger partial charge in [0, 0.05) is 13.1 Å². The van der Waals surface area contributed by atoms with Gasteiger partial charge in [-0.2, -0.15) is 0 Å². The van der Waals surface area contributed by atoms with E-state index in [-0.39, 0.29) is 18.1 Å². The number of carbonyl (C=O) groups excluding carboxylic acids is 1. The molecule has 0 aromatic rings. The zero-order chi connectivity index (χ0) is 12.3. The second-order valence-corrected chi connectivity index (χ2v) is 5.59. The van der Waals surface area contributed by atoms with Gasteiger partial charge in [0.15, 0.2) is 0 Å². The predicted octanol–water partition coefficient (Wildman–Crippen LogP) is 2.01. The van der Waals surface area contributed by atoms with Gasteiger partial charge in [-0.05, 0) is 39.5 Å². The van der Waals surface area contributed by atoms with Crippen LogP contribution in [0.25, 0.3) is 0 Å². The summed E-state index contributed by atoms with van der Waals surface area (Å²) in [7, 11) is 0. The summed E-state index contributed by atoms with van der Waals surface area (Å²) in [5.74, 6) is 0.257. The summed E-state index contributed by atoms with van der Waals surface area (Å²) in [5.41, 5.74) is -0.451. The van der Waals surface area contributed by atoms with E-state index in [0.717, 1.165) is 6.42 Å². The topological polar surface area (TPSA) is 49.8 Å². The van der Waals surface area contributed by atoms with Crippen LogP contribution in [0.15, 0.2) is 0 Å². The molecule has 1 fully saturated rings. The van der Waals surface area contributed by atoms with Gasteiger partial charge < -0.3 is 14.7 Å². The Hall–Kier alpha value is -0.770. The monoisotopic (exact) mass is 229 g/mol. The van der Waals surface area contributed by atoms with Crippen molar-refractivity contribution < 1.29 is 14.6 Å². The second-order valence-electron chi connectivity index (χ2n) is 5.59. The molecule has 0 aliphatic carbocycles. The van der Waals surface area contributed by atoms with E-state index in [4.69, 9.17) is 4.74 Å². The molecule has 1 aliphatic heterocycles. The van der Waals surface area contributed by atoms with E-state index in [1.165, 1.54) is 0 Å². The third kappa shape index (κ3) is 4.00. The van der Waals surface area contributed by atoms with Crippen molar-refractivity contribution in [1.29, 1.82) is 0 Å². The molecule has 1 saturated heterocycles. The maximum absolute atomic E-state index is 11.8. The van der Waals surface area contributed by atoms with Crippen molar-refractivity contribution in [3.05, 3.63) is 0 Å². The molecule has 1 heterocycles. The molecule has 0 spiro atoms. The molecule has 94 valence electrons. The van der Waals surface area contributed by atoms with Crippen LogP contribution < -0.4 is 0 Å². The van der Waals surface area contributed by atoms with Crippen LogP contribution in [0.5, 0.6) is 0 Å². The molecule has 0 radical (unpaired) electrons. The van der Waals surface area contributed by atoms with E-state index in [9.17, 15) is 9.90 Å². The summed E-state index contributed by atoms with van der Waals surface area (Å²) in [6.07, 6.45) is 0.905. The van der Waals surface area contributed by atoms with Gasteiger partial charge in [-0.1, -0.05) is 6.92 Å². The number of hydrogen-bond donors (Lipinski definition) is 1. The van der Waals surface area contributed by atoms with Crippen molar-refractivity contribution in [2.45, 2.75) is 52.2 Å². The lowest BCUT2D eigenvalue weighted by atomic mass is 10.0. The van der Waals surface area contributed by atoms with Crippen LogP contribution in [-0.4, -0.2) is 40.9 Å². The molecular formula is C12H23NO3. The largest absolute Gasteiger partial charge is 0.444 e. The van der Waals surface area contributed by atoms with Gasteiger partial charge in [0.05, 0.1) is 6.10 Å². The Kier molecular flexibility index (Phi) is 4.19. The number of ether oxygens (including phenoxy) is 1. The van der Waals surface area contributed by atoms with Crippen LogP contribution in [-0.2, 0) is 4.74 Å². The fourth-order valence-corrected chi connectivity index (χ4v) is 1.75.